The van der Waals surface area contributed by atoms with Crippen molar-refractivity contribution < 1.29 is 9.53 Å². The Morgan fingerprint density at radius 2 is 2.00 bits per heavy atom. The Balaban J connectivity index is 1.25. The standard InChI is InChI=1S/C19H18Cl2N4O2/c20-13-3-11-4-14(6-15(11)16(21)5-13)24-18-22-7-12(8-23-18)17(26)25-2-1-19(25)9-27-10-19/h3,5,7-8,14H,1-2,4,6,9-10H2,(H,22,23,24)/t14-/m0/s1. The molecule has 0 bridgehead atoms. The number of fused-ring (bicyclic) bond motifs is 1. The molecule has 6 nitrogen and oxygen atoms in total. The minimum absolute atomic E-state index is 0.0224. The number of likely N-dealkylation sites (tertiary alicyclic amines) is 1. The van der Waals surface area contributed by atoms with Crippen LogP contribution in [0.5, 0.6) is 0 Å². The number of rotatable bonds is 3. The van der Waals surface area contributed by atoms with Crippen molar-refractivity contribution in [3.05, 3.63) is 51.3 Å². The minimum atomic E-state index is -0.0792. The normalized spacial score (nSPS) is 22.1. The molecule has 2 aliphatic heterocycles. The molecule has 0 saturated carbocycles. The van der Waals surface area contributed by atoms with Gasteiger partial charge in [0.1, 0.15) is 0 Å². The number of anilines is 1. The summed E-state index contributed by atoms with van der Waals surface area (Å²) in [4.78, 5) is 23.2. The highest BCUT2D eigenvalue weighted by Crippen LogP contribution is 2.38. The predicted molar refractivity (Wildman–Crippen MR) is 103 cm³/mol. The topological polar surface area (TPSA) is 67.4 Å². The molecule has 3 aliphatic rings. The van der Waals surface area contributed by atoms with Crippen molar-refractivity contribution in [3.8, 4) is 0 Å². The number of nitrogens with zero attached hydrogens (tertiary/aromatic N) is 3. The maximum absolute atomic E-state index is 12.7. The van der Waals surface area contributed by atoms with Gasteiger partial charge in [-0.1, -0.05) is 23.2 Å². The van der Waals surface area contributed by atoms with Gasteiger partial charge < -0.3 is 15.0 Å². The van der Waals surface area contributed by atoms with Crippen LogP contribution >= 0.6 is 23.2 Å². The molecule has 1 atom stereocenters. The molecular formula is C19H18Cl2N4O2. The summed E-state index contributed by atoms with van der Waals surface area (Å²) in [5.74, 6) is 0.489. The van der Waals surface area contributed by atoms with Gasteiger partial charge in [-0.15, -0.1) is 0 Å². The second-order valence-electron chi connectivity index (χ2n) is 7.49. The van der Waals surface area contributed by atoms with Gasteiger partial charge in [0.05, 0.1) is 24.3 Å². The lowest BCUT2D eigenvalue weighted by Gasteiger charge is -2.57. The second kappa shape index (κ2) is 6.33. The number of hydrogen-bond donors (Lipinski definition) is 1. The van der Waals surface area contributed by atoms with E-state index in [1.54, 1.807) is 18.5 Å². The highest BCUT2D eigenvalue weighted by molar-refractivity contribution is 6.35. The van der Waals surface area contributed by atoms with Gasteiger partial charge in [0.25, 0.3) is 5.91 Å². The molecule has 1 amide bonds. The van der Waals surface area contributed by atoms with E-state index in [-0.39, 0.29) is 17.5 Å². The van der Waals surface area contributed by atoms with Gasteiger partial charge in [-0.3, -0.25) is 4.79 Å². The van der Waals surface area contributed by atoms with Gasteiger partial charge in [0.15, 0.2) is 0 Å². The van der Waals surface area contributed by atoms with E-state index in [0.717, 1.165) is 36.9 Å². The summed E-state index contributed by atoms with van der Waals surface area (Å²) in [6.45, 7) is 2.04. The van der Waals surface area contributed by atoms with Crippen LogP contribution in [0.3, 0.4) is 0 Å². The van der Waals surface area contributed by atoms with Crippen LogP contribution in [0.2, 0.25) is 10.0 Å². The summed E-state index contributed by atoms with van der Waals surface area (Å²) in [6, 6.07) is 3.89. The molecule has 27 heavy (non-hydrogen) atoms. The molecule has 1 aromatic carbocycles. The summed E-state index contributed by atoms with van der Waals surface area (Å²) < 4.78 is 5.28. The molecule has 3 heterocycles. The van der Waals surface area contributed by atoms with E-state index in [9.17, 15) is 4.79 Å². The molecule has 5 rings (SSSR count). The van der Waals surface area contributed by atoms with E-state index in [0.29, 0.717) is 34.8 Å². The van der Waals surface area contributed by atoms with E-state index < -0.39 is 0 Å². The number of carbonyl (C=O) groups is 1. The highest BCUT2D eigenvalue weighted by Gasteiger charge is 2.53. The lowest BCUT2D eigenvalue weighted by atomic mass is 9.82. The molecule has 1 aliphatic carbocycles. The molecule has 1 N–H and O–H groups in total. The monoisotopic (exact) mass is 404 g/mol. The summed E-state index contributed by atoms with van der Waals surface area (Å²) in [7, 11) is 0. The summed E-state index contributed by atoms with van der Waals surface area (Å²) >= 11 is 12.4. The summed E-state index contributed by atoms with van der Waals surface area (Å²) in [6.07, 6.45) is 5.81. The summed E-state index contributed by atoms with van der Waals surface area (Å²) in [5.41, 5.74) is 2.71. The SMILES string of the molecule is O=C(c1cnc(N[C@H]2Cc3cc(Cl)cc(Cl)c3C2)nc1)N1CCC12COC2. The average Bonchev–Trinajstić information content (AvgIpc) is 2.96. The fourth-order valence-corrected chi connectivity index (χ4v) is 4.71. The van der Waals surface area contributed by atoms with Crippen LogP contribution in [0, 0.1) is 0 Å². The zero-order valence-corrected chi connectivity index (χ0v) is 16.1. The quantitative estimate of drug-likeness (QED) is 0.851. The van der Waals surface area contributed by atoms with E-state index >= 15 is 0 Å². The Morgan fingerprint density at radius 3 is 2.63 bits per heavy atom. The minimum Gasteiger partial charge on any atom is -0.376 e. The molecule has 2 saturated heterocycles. The fourth-order valence-electron chi connectivity index (χ4n) is 4.10. The Bertz CT molecular complexity index is 909. The van der Waals surface area contributed by atoms with Crippen LogP contribution in [0.25, 0.3) is 0 Å². The lowest BCUT2D eigenvalue weighted by molar-refractivity contribution is -0.172. The number of halogens is 2. The van der Waals surface area contributed by atoms with E-state index in [1.807, 2.05) is 11.0 Å². The summed E-state index contributed by atoms with van der Waals surface area (Å²) in [5, 5.41) is 4.68. The smallest absolute Gasteiger partial charge is 0.257 e. The maximum atomic E-state index is 12.7. The Kier molecular flexibility index (Phi) is 4.04. The predicted octanol–water partition coefficient (Wildman–Crippen LogP) is 2.98. The molecule has 0 unspecified atom stereocenters. The van der Waals surface area contributed by atoms with E-state index in [2.05, 4.69) is 15.3 Å². The first-order valence-corrected chi connectivity index (χ1v) is 9.75. The number of hydrogen-bond acceptors (Lipinski definition) is 5. The molecule has 1 spiro atoms. The third-order valence-electron chi connectivity index (χ3n) is 5.76. The van der Waals surface area contributed by atoms with Crippen molar-refractivity contribution in [1.82, 2.24) is 14.9 Å². The lowest BCUT2D eigenvalue weighted by Crippen LogP contribution is -2.72. The van der Waals surface area contributed by atoms with Gasteiger partial charge in [-0.25, -0.2) is 9.97 Å². The average molecular weight is 405 g/mol. The third-order valence-corrected chi connectivity index (χ3v) is 6.32. The first-order chi connectivity index (χ1) is 13.0. The van der Waals surface area contributed by atoms with Crippen molar-refractivity contribution >= 4 is 35.1 Å². The number of ether oxygens (including phenoxy) is 1. The van der Waals surface area contributed by atoms with Crippen LogP contribution in [0.15, 0.2) is 24.5 Å². The number of amides is 1. The second-order valence-corrected chi connectivity index (χ2v) is 8.34. The van der Waals surface area contributed by atoms with Crippen molar-refractivity contribution in [1.29, 1.82) is 0 Å². The Morgan fingerprint density at radius 1 is 1.22 bits per heavy atom. The first kappa shape index (κ1) is 17.2. The maximum Gasteiger partial charge on any atom is 0.257 e. The molecule has 8 heteroatoms. The number of carbonyl (C=O) groups excluding carboxylic acids is 1. The Labute approximate surface area is 166 Å². The molecule has 1 aromatic heterocycles. The highest BCUT2D eigenvalue weighted by atomic mass is 35.5. The fraction of sp³-hybridized carbons (Fsp3) is 0.421. The Hall–Kier alpha value is -1.89. The van der Waals surface area contributed by atoms with Gasteiger partial charge >= 0.3 is 0 Å². The van der Waals surface area contributed by atoms with Crippen molar-refractivity contribution in [2.75, 3.05) is 25.1 Å². The van der Waals surface area contributed by atoms with Crippen molar-refractivity contribution in [2.45, 2.75) is 30.8 Å². The molecule has 0 radical (unpaired) electrons. The molecule has 2 aromatic rings. The molecule has 140 valence electrons. The molecular weight excluding hydrogens is 387 g/mol. The van der Waals surface area contributed by atoms with E-state index in [1.165, 1.54) is 0 Å². The third kappa shape index (κ3) is 2.87. The van der Waals surface area contributed by atoms with Crippen LogP contribution in [-0.4, -0.2) is 52.1 Å². The van der Waals surface area contributed by atoms with Gasteiger partial charge in [0.2, 0.25) is 5.95 Å². The first-order valence-electron chi connectivity index (χ1n) is 8.99. The van der Waals surface area contributed by atoms with Gasteiger partial charge in [-0.05, 0) is 42.5 Å². The largest absolute Gasteiger partial charge is 0.376 e. The van der Waals surface area contributed by atoms with E-state index in [4.69, 9.17) is 27.9 Å². The van der Waals surface area contributed by atoms with Crippen LogP contribution in [0.4, 0.5) is 5.95 Å². The van der Waals surface area contributed by atoms with Gasteiger partial charge in [-0.2, -0.15) is 0 Å². The molecule has 2 fully saturated rings. The zero-order chi connectivity index (χ0) is 18.6. The number of aromatic nitrogens is 2. The van der Waals surface area contributed by atoms with Crippen molar-refractivity contribution in [2.24, 2.45) is 0 Å². The zero-order valence-electron chi connectivity index (χ0n) is 14.5. The van der Waals surface area contributed by atoms with Crippen LogP contribution in [0.1, 0.15) is 27.9 Å². The number of benzene rings is 1. The number of nitrogens with one attached hydrogen (secondary N) is 1. The van der Waals surface area contributed by atoms with Crippen LogP contribution < -0.4 is 5.32 Å². The van der Waals surface area contributed by atoms with Gasteiger partial charge in [0, 0.05) is 35.0 Å². The van der Waals surface area contributed by atoms with Crippen LogP contribution in [-0.2, 0) is 17.6 Å². The van der Waals surface area contributed by atoms with Crippen molar-refractivity contribution in [3.63, 3.8) is 0 Å².